The minimum atomic E-state index is -0.895. The molecule has 0 saturated carbocycles. The summed E-state index contributed by atoms with van der Waals surface area (Å²) in [5.41, 5.74) is 0. The third kappa shape index (κ3) is 2.17. The summed E-state index contributed by atoms with van der Waals surface area (Å²) >= 11 is 9.74. The van der Waals surface area contributed by atoms with Crippen molar-refractivity contribution in [3.05, 3.63) is 0 Å². The van der Waals surface area contributed by atoms with Crippen LogP contribution in [0.3, 0.4) is 0 Å². The van der Waals surface area contributed by atoms with E-state index >= 15 is 0 Å². The molecule has 8 heavy (non-hydrogen) atoms. The van der Waals surface area contributed by atoms with Crippen LogP contribution in [0.4, 0.5) is 4.79 Å². The summed E-state index contributed by atoms with van der Waals surface area (Å²) in [6.45, 7) is 0. The molecule has 0 aromatic heterocycles. The van der Waals surface area contributed by atoms with Crippen LogP contribution >= 0.6 is 23.6 Å². The highest BCUT2D eigenvalue weighted by Crippen LogP contribution is 1.99. The highest BCUT2D eigenvalue weighted by atomic mass is 35.5. The lowest BCUT2D eigenvalue weighted by Gasteiger charge is -2.09. The zero-order valence-corrected chi connectivity index (χ0v) is 5.23. The molecule has 48 valence electrons. The molecule has 0 aliphatic rings. The van der Waals surface area contributed by atoms with Gasteiger partial charge in [0.05, 0.1) is 0 Å². The van der Waals surface area contributed by atoms with E-state index in [1.165, 1.54) is 0 Å². The smallest absolute Gasteiger partial charge is 0.243 e. The van der Waals surface area contributed by atoms with Crippen LogP contribution in [0.15, 0.2) is 0 Å². The van der Waals surface area contributed by atoms with Gasteiger partial charge in [-0.1, -0.05) is 0 Å². The fraction of sp³-hybridized carbons (Fsp3) is 0. The Balaban J connectivity index is 3.65. The number of hydrogen-bond donors (Lipinski definition) is 2. The Hall–Kier alpha value is -0.230. The largest absolute Gasteiger partial charge is 0.378 e. The van der Waals surface area contributed by atoms with Crippen LogP contribution in [0.2, 0.25) is 0 Å². The van der Waals surface area contributed by atoms with E-state index in [2.05, 4.69) is 11.7 Å². The Morgan fingerprint density at radius 2 is 1.75 bits per heavy atom. The molecule has 0 rings (SSSR count). The van der Waals surface area contributed by atoms with Crippen molar-refractivity contribution >= 4 is 29.6 Å². The number of halogens is 2. The topological polar surface area (TPSA) is 75.6 Å². The van der Waals surface area contributed by atoms with Crippen molar-refractivity contribution in [3.63, 3.8) is 0 Å². The highest BCUT2D eigenvalue weighted by Gasteiger charge is 2.09. The first-order valence-corrected chi connectivity index (χ1v) is 2.18. The lowest BCUT2D eigenvalue weighted by atomic mass is 11.1. The van der Waals surface area contributed by atoms with Crippen LogP contribution in [0.1, 0.15) is 0 Å². The standard InChI is InChI=1S/CH4Cl2N4O/c2-6(3)1(8)7(4)5/h4-5H2. The van der Waals surface area contributed by atoms with Gasteiger partial charge in [0.15, 0.2) is 0 Å². The van der Waals surface area contributed by atoms with Gasteiger partial charge in [0.25, 0.3) is 0 Å². The summed E-state index contributed by atoms with van der Waals surface area (Å²) in [6.07, 6.45) is 0. The van der Waals surface area contributed by atoms with Gasteiger partial charge in [0, 0.05) is 23.6 Å². The number of amides is 2. The molecule has 0 aliphatic carbocycles. The molecule has 0 spiro atoms. The lowest BCUT2D eigenvalue weighted by Crippen LogP contribution is -2.45. The van der Waals surface area contributed by atoms with E-state index < -0.39 is 6.03 Å². The first kappa shape index (κ1) is 7.77. The fourth-order valence-corrected chi connectivity index (χ4v) is 0.262. The zero-order chi connectivity index (χ0) is 6.73. The molecule has 4 N–H and O–H groups in total. The van der Waals surface area contributed by atoms with Crippen molar-refractivity contribution in [2.75, 3.05) is 0 Å². The van der Waals surface area contributed by atoms with Crippen molar-refractivity contribution in [1.29, 1.82) is 0 Å². The SMILES string of the molecule is NN(N)C(=O)N(Cl)Cl. The number of rotatable bonds is 0. The van der Waals surface area contributed by atoms with Gasteiger partial charge in [0.2, 0.25) is 0 Å². The number of nitrogens with zero attached hydrogens (tertiary/aromatic N) is 2. The quantitative estimate of drug-likeness (QED) is 0.222. The van der Waals surface area contributed by atoms with E-state index in [4.69, 9.17) is 23.6 Å². The molecule has 2 amide bonds. The second-order valence-electron chi connectivity index (χ2n) is 0.923. The Bertz CT molecular complexity index is 82.0. The molecule has 5 nitrogen and oxygen atoms in total. The van der Waals surface area contributed by atoms with Crippen molar-refractivity contribution in [3.8, 4) is 0 Å². The van der Waals surface area contributed by atoms with E-state index in [9.17, 15) is 4.79 Å². The summed E-state index contributed by atoms with van der Waals surface area (Å²) < 4.78 is 0.222. The Morgan fingerprint density at radius 1 is 1.38 bits per heavy atom. The molecule has 0 aromatic carbocycles. The Morgan fingerprint density at radius 3 is 1.75 bits per heavy atom. The maximum Gasteiger partial charge on any atom is 0.378 e. The predicted molar refractivity (Wildman–Crippen MR) is 29.2 cm³/mol. The highest BCUT2D eigenvalue weighted by molar-refractivity contribution is 6.41. The maximum atomic E-state index is 10.2. The first-order chi connectivity index (χ1) is 3.55. The Labute approximate surface area is 55.9 Å². The first-order valence-electron chi connectivity index (χ1n) is 1.51. The monoisotopic (exact) mass is 158 g/mol. The lowest BCUT2D eigenvalue weighted by molar-refractivity contribution is 0.194. The molecule has 0 atom stereocenters. The molecular weight excluding hydrogens is 155 g/mol. The minimum absolute atomic E-state index is 0.222. The summed E-state index contributed by atoms with van der Waals surface area (Å²) in [7, 11) is 0. The molecule has 0 aliphatic heterocycles. The van der Waals surface area contributed by atoms with Gasteiger partial charge in [-0.25, -0.2) is 16.5 Å². The second kappa shape index (κ2) is 2.93. The van der Waals surface area contributed by atoms with Gasteiger partial charge in [-0.15, -0.1) is 3.94 Å². The number of urea groups is 1. The summed E-state index contributed by atoms with van der Waals surface area (Å²) in [4.78, 5) is 10.2. The van der Waals surface area contributed by atoms with Crippen LogP contribution in [0, 0.1) is 0 Å². The average Bonchev–Trinajstić information content (AvgIpc) is 1.64. The van der Waals surface area contributed by atoms with Gasteiger partial charge in [-0.2, -0.15) is 5.12 Å². The fourth-order valence-electron chi connectivity index (χ4n) is 0.0873. The van der Waals surface area contributed by atoms with Crippen LogP contribution in [-0.4, -0.2) is 15.1 Å². The molecule has 7 heteroatoms. The maximum absolute atomic E-state index is 10.2. The van der Waals surface area contributed by atoms with Gasteiger partial charge in [-0.3, -0.25) is 0 Å². The number of hydrogen-bond acceptors (Lipinski definition) is 3. The average molecular weight is 159 g/mol. The molecule has 0 aromatic rings. The van der Waals surface area contributed by atoms with Gasteiger partial charge in [-0.05, 0) is 0 Å². The van der Waals surface area contributed by atoms with Gasteiger partial charge < -0.3 is 0 Å². The van der Waals surface area contributed by atoms with Gasteiger partial charge in [0.1, 0.15) is 0 Å². The normalized spacial score (nSPS) is 8.50. The molecule has 0 fully saturated rings. The molecular formula is CH4Cl2N4O. The molecule has 0 unspecified atom stereocenters. The Kier molecular flexibility index (Phi) is 2.85. The van der Waals surface area contributed by atoms with E-state index in [0.717, 1.165) is 0 Å². The number of hydrazine groups is 2. The van der Waals surface area contributed by atoms with Crippen molar-refractivity contribution in [1.82, 2.24) is 9.06 Å². The van der Waals surface area contributed by atoms with Crippen molar-refractivity contribution in [2.24, 2.45) is 11.7 Å². The van der Waals surface area contributed by atoms with Crippen LogP contribution in [0.25, 0.3) is 0 Å². The van der Waals surface area contributed by atoms with Crippen LogP contribution in [-0.2, 0) is 0 Å². The number of nitrogens with two attached hydrogens (primary N) is 2. The second-order valence-corrected chi connectivity index (χ2v) is 1.77. The number of carbonyl (C=O) groups is 1. The van der Waals surface area contributed by atoms with Crippen molar-refractivity contribution < 1.29 is 4.79 Å². The molecule has 0 saturated heterocycles. The van der Waals surface area contributed by atoms with E-state index in [1.54, 1.807) is 0 Å². The summed E-state index contributed by atoms with van der Waals surface area (Å²) in [5.74, 6) is 9.38. The predicted octanol–water partition coefficient (Wildman–Crippen LogP) is -0.235. The van der Waals surface area contributed by atoms with Crippen LogP contribution in [0.5, 0.6) is 0 Å². The summed E-state index contributed by atoms with van der Waals surface area (Å²) in [6, 6.07) is -0.895. The van der Waals surface area contributed by atoms with E-state index in [1.807, 2.05) is 0 Å². The molecule has 0 heterocycles. The molecule has 0 bridgehead atoms. The minimum Gasteiger partial charge on any atom is -0.243 e. The number of carbonyl (C=O) groups excluding carboxylic acids is 1. The van der Waals surface area contributed by atoms with E-state index in [0.29, 0.717) is 0 Å². The molecule has 0 radical (unpaired) electrons. The summed E-state index contributed by atoms with van der Waals surface area (Å²) in [5, 5.41) is 0.264. The van der Waals surface area contributed by atoms with Crippen LogP contribution < -0.4 is 11.7 Å². The third-order valence-electron chi connectivity index (χ3n) is 0.365. The zero-order valence-electron chi connectivity index (χ0n) is 3.71. The van der Waals surface area contributed by atoms with E-state index in [-0.39, 0.29) is 9.06 Å². The third-order valence-corrected chi connectivity index (χ3v) is 0.655. The van der Waals surface area contributed by atoms with Crippen molar-refractivity contribution in [2.45, 2.75) is 0 Å². The van der Waals surface area contributed by atoms with Gasteiger partial charge >= 0.3 is 6.03 Å².